The smallest absolute Gasteiger partial charge is 0.353 e. The van der Waals surface area contributed by atoms with Gasteiger partial charge in [-0.15, -0.1) is 0 Å². The van der Waals surface area contributed by atoms with Crippen LogP contribution in [0.1, 0.15) is 33.9 Å². The molecular weight excluding hydrogens is 348 g/mol. The number of hydrogen-bond donors (Lipinski definition) is 0. The lowest BCUT2D eigenvalue weighted by molar-refractivity contribution is -0.202. The normalized spacial score (nSPS) is 29.2. The Kier molecular flexibility index (Phi) is 4.82. The zero-order valence-electron chi connectivity index (χ0n) is 14.8. The minimum absolute atomic E-state index is 0.0276. The van der Waals surface area contributed by atoms with E-state index in [2.05, 4.69) is 4.98 Å². The molecule has 0 aliphatic carbocycles. The molecule has 26 heavy (non-hydrogen) atoms. The molecule has 3 rings (SSSR count). The predicted octanol–water partition coefficient (Wildman–Crippen LogP) is 0.149. The van der Waals surface area contributed by atoms with Gasteiger partial charge in [0, 0.05) is 26.1 Å². The minimum Gasteiger partial charge on any atom is -0.463 e. The number of carbonyl (C=O) groups excluding carboxylic acids is 2. The van der Waals surface area contributed by atoms with Gasteiger partial charge in [-0.25, -0.2) is 4.79 Å². The molecule has 3 heterocycles. The summed E-state index contributed by atoms with van der Waals surface area (Å²) < 4.78 is 28.6. The fourth-order valence-electron chi connectivity index (χ4n) is 3.01. The Morgan fingerprint density at radius 2 is 1.92 bits per heavy atom. The zero-order valence-corrected chi connectivity index (χ0v) is 14.8. The number of fused-ring (bicyclic) bond motifs is 1. The molecular formula is C16H20N2O8. The first-order valence-corrected chi connectivity index (χ1v) is 8.08. The quantitative estimate of drug-likeness (QED) is 0.685. The van der Waals surface area contributed by atoms with Crippen molar-refractivity contribution in [1.82, 2.24) is 9.55 Å². The Hall–Kier alpha value is -2.30. The van der Waals surface area contributed by atoms with E-state index in [1.54, 1.807) is 13.8 Å². The van der Waals surface area contributed by atoms with E-state index in [-0.39, 0.29) is 12.5 Å². The largest absolute Gasteiger partial charge is 0.463 e. The third kappa shape index (κ3) is 3.76. The number of nitrogens with zero attached hydrogens (tertiary/aromatic N) is 2. The van der Waals surface area contributed by atoms with Crippen molar-refractivity contribution in [2.75, 3.05) is 6.61 Å². The van der Waals surface area contributed by atoms with E-state index < -0.39 is 48.0 Å². The van der Waals surface area contributed by atoms with E-state index in [0.717, 1.165) is 0 Å². The second-order valence-electron chi connectivity index (χ2n) is 6.48. The molecule has 0 unspecified atom stereocenters. The maximum absolute atomic E-state index is 12.3. The summed E-state index contributed by atoms with van der Waals surface area (Å²) >= 11 is 0. The molecule has 2 aliphatic heterocycles. The van der Waals surface area contributed by atoms with Crippen LogP contribution < -0.4 is 10.4 Å². The minimum atomic E-state index is -0.874. The number of hydrogen-bond acceptors (Lipinski definition) is 9. The van der Waals surface area contributed by atoms with Gasteiger partial charge in [0.1, 0.15) is 24.9 Å². The summed E-state index contributed by atoms with van der Waals surface area (Å²) in [5, 5.41) is 0. The molecule has 0 bridgehead atoms. The van der Waals surface area contributed by atoms with Crippen molar-refractivity contribution in [3.05, 3.63) is 22.7 Å². The van der Waals surface area contributed by atoms with Gasteiger partial charge in [-0.3, -0.25) is 14.2 Å². The van der Waals surface area contributed by atoms with Crippen LogP contribution >= 0.6 is 0 Å². The molecule has 4 atom stereocenters. The van der Waals surface area contributed by atoms with E-state index in [1.165, 1.54) is 30.7 Å². The molecule has 10 nitrogen and oxygen atoms in total. The van der Waals surface area contributed by atoms with Gasteiger partial charge in [-0.05, 0) is 13.8 Å². The molecule has 1 aromatic heterocycles. The molecule has 0 amide bonds. The highest BCUT2D eigenvalue weighted by molar-refractivity contribution is 5.68. The van der Waals surface area contributed by atoms with Crippen molar-refractivity contribution < 1.29 is 33.3 Å². The highest BCUT2D eigenvalue weighted by Crippen LogP contribution is 2.42. The monoisotopic (exact) mass is 368 g/mol. The van der Waals surface area contributed by atoms with Gasteiger partial charge in [0.25, 0.3) is 0 Å². The molecule has 1 aromatic rings. The SMILES string of the molecule is CC(=O)OC[C@H]1O[C@@H](n2ccc(OC(C)=O)nc2=O)[C@@H]2OC(C)(C)O[C@@H]21. The lowest BCUT2D eigenvalue weighted by atomic mass is 10.1. The maximum Gasteiger partial charge on any atom is 0.353 e. The molecule has 0 radical (unpaired) electrons. The standard InChI is InChI=1S/C16H20N2O8/c1-8(19)22-7-10-12-13(26-16(3,4)25-12)14(24-10)18-6-5-11(17-15(18)21)23-9(2)20/h5-6,10,12-14H,7H2,1-4H3/t10-,12-,13-,14-/m1/s1. The third-order valence-corrected chi connectivity index (χ3v) is 3.90. The summed E-state index contributed by atoms with van der Waals surface area (Å²) in [4.78, 5) is 38.1. The maximum atomic E-state index is 12.3. The van der Waals surface area contributed by atoms with Crippen molar-refractivity contribution in [3.63, 3.8) is 0 Å². The van der Waals surface area contributed by atoms with Crippen molar-refractivity contribution in [2.45, 2.75) is 58.0 Å². The Balaban J connectivity index is 1.86. The number of aromatic nitrogens is 2. The van der Waals surface area contributed by atoms with Crippen LogP contribution in [0.2, 0.25) is 0 Å². The summed E-state index contributed by atoms with van der Waals surface area (Å²) in [5.41, 5.74) is -0.672. The average Bonchev–Trinajstić information content (AvgIpc) is 2.98. The van der Waals surface area contributed by atoms with Crippen LogP contribution in [0.4, 0.5) is 0 Å². The molecule has 0 aromatic carbocycles. The van der Waals surface area contributed by atoms with Crippen LogP contribution in [0, 0.1) is 0 Å². The summed E-state index contributed by atoms with van der Waals surface area (Å²) in [6.45, 7) is 5.97. The van der Waals surface area contributed by atoms with Gasteiger partial charge in [0.15, 0.2) is 12.0 Å². The first kappa shape index (κ1) is 18.5. The van der Waals surface area contributed by atoms with Crippen LogP contribution in [-0.2, 0) is 28.5 Å². The summed E-state index contributed by atoms with van der Waals surface area (Å²) in [6, 6.07) is 1.38. The van der Waals surface area contributed by atoms with Gasteiger partial charge in [-0.2, -0.15) is 4.98 Å². The first-order valence-electron chi connectivity index (χ1n) is 8.08. The highest BCUT2D eigenvalue weighted by Gasteiger charge is 2.56. The van der Waals surface area contributed by atoms with Gasteiger partial charge in [-0.1, -0.05) is 0 Å². The Bertz CT molecular complexity index is 774. The third-order valence-electron chi connectivity index (χ3n) is 3.90. The van der Waals surface area contributed by atoms with Gasteiger partial charge in [0.2, 0.25) is 5.88 Å². The Morgan fingerprint density at radius 1 is 1.23 bits per heavy atom. The predicted molar refractivity (Wildman–Crippen MR) is 84.2 cm³/mol. The van der Waals surface area contributed by atoms with E-state index in [0.29, 0.717) is 0 Å². The van der Waals surface area contributed by atoms with Crippen LogP contribution in [0.25, 0.3) is 0 Å². The fraction of sp³-hybridized carbons (Fsp3) is 0.625. The van der Waals surface area contributed by atoms with E-state index in [1.807, 2.05) is 0 Å². The zero-order chi connectivity index (χ0) is 19.1. The number of carbonyl (C=O) groups is 2. The van der Waals surface area contributed by atoms with Crippen molar-refractivity contribution in [3.8, 4) is 5.88 Å². The van der Waals surface area contributed by atoms with Crippen LogP contribution in [0.15, 0.2) is 17.1 Å². The van der Waals surface area contributed by atoms with Crippen LogP contribution in [0.3, 0.4) is 0 Å². The van der Waals surface area contributed by atoms with Crippen molar-refractivity contribution in [2.24, 2.45) is 0 Å². The van der Waals surface area contributed by atoms with Crippen LogP contribution in [0.5, 0.6) is 5.88 Å². The van der Waals surface area contributed by atoms with E-state index >= 15 is 0 Å². The molecule has 142 valence electrons. The molecule has 0 spiro atoms. The molecule has 0 saturated carbocycles. The summed E-state index contributed by atoms with van der Waals surface area (Å²) in [7, 11) is 0. The van der Waals surface area contributed by atoms with E-state index in [4.69, 9.17) is 23.7 Å². The number of ether oxygens (including phenoxy) is 5. The highest BCUT2D eigenvalue weighted by atomic mass is 16.8. The number of rotatable bonds is 4. The molecule has 2 fully saturated rings. The van der Waals surface area contributed by atoms with Gasteiger partial charge in [0.05, 0.1) is 0 Å². The van der Waals surface area contributed by atoms with Crippen molar-refractivity contribution >= 4 is 11.9 Å². The Morgan fingerprint density at radius 3 is 2.54 bits per heavy atom. The summed E-state index contributed by atoms with van der Waals surface area (Å²) in [6.07, 6.45) is -1.14. The molecule has 10 heteroatoms. The van der Waals surface area contributed by atoms with E-state index in [9.17, 15) is 14.4 Å². The second kappa shape index (κ2) is 6.78. The summed E-state index contributed by atoms with van der Waals surface area (Å²) in [5.74, 6) is -2.01. The topological polar surface area (TPSA) is 115 Å². The lowest BCUT2D eigenvalue weighted by Gasteiger charge is -2.24. The van der Waals surface area contributed by atoms with Crippen LogP contribution in [-0.4, -0.2) is 52.2 Å². The Labute approximate surface area is 149 Å². The average molecular weight is 368 g/mol. The van der Waals surface area contributed by atoms with Crippen molar-refractivity contribution in [1.29, 1.82) is 0 Å². The molecule has 2 saturated heterocycles. The van der Waals surface area contributed by atoms with Gasteiger partial charge < -0.3 is 23.7 Å². The fourth-order valence-corrected chi connectivity index (χ4v) is 3.01. The second-order valence-corrected chi connectivity index (χ2v) is 6.48. The van der Waals surface area contributed by atoms with Gasteiger partial charge >= 0.3 is 17.6 Å². The first-order chi connectivity index (χ1) is 12.2. The number of esters is 2. The molecule has 2 aliphatic rings. The lowest BCUT2D eigenvalue weighted by Crippen LogP contribution is -2.34. The molecule has 0 N–H and O–H groups in total.